The van der Waals surface area contributed by atoms with Gasteiger partial charge in [0.15, 0.2) is 12.2 Å². The summed E-state index contributed by atoms with van der Waals surface area (Å²) in [6.45, 7) is 7.25. The van der Waals surface area contributed by atoms with E-state index in [1.54, 1.807) is 0 Å². The quantitative estimate of drug-likeness (QED) is 0.0222. The molecule has 0 rings (SSSR count). The van der Waals surface area contributed by atoms with Crippen LogP contribution in [0, 0.1) is 5.92 Å². The molecule has 0 aliphatic rings. The first-order chi connectivity index (χ1) is 47.0. The third kappa shape index (κ3) is 72.2. The highest BCUT2D eigenvalue weighted by Gasteiger charge is 2.30. The average molecular weight is 1420 g/mol. The van der Waals surface area contributed by atoms with E-state index in [9.17, 15) is 43.2 Å². The van der Waals surface area contributed by atoms with E-state index in [4.69, 9.17) is 37.0 Å². The van der Waals surface area contributed by atoms with Gasteiger partial charge in [-0.1, -0.05) is 362 Å². The van der Waals surface area contributed by atoms with Crippen molar-refractivity contribution in [2.45, 2.75) is 432 Å². The summed E-state index contributed by atoms with van der Waals surface area (Å²) in [5, 5.41) is 10.6. The molecule has 0 aromatic heterocycles. The molecule has 0 radical (unpaired) electrons. The van der Waals surface area contributed by atoms with Gasteiger partial charge in [0.1, 0.15) is 19.3 Å². The molecule has 0 fully saturated rings. The van der Waals surface area contributed by atoms with Gasteiger partial charge < -0.3 is 33.8 Å². The summed E-state index contributed by atoms with van der Waals surface area (Å²) in [5.74, 6) is -1.41. The molecule has 3 N–H and O–H groups in total. The first-order valence-electron chi connectivity index (χ1n) is 40.6. The molecule has 0 spiro atoms. The lowest BCUT2D eigenvalue weighted by atomic mass is 10.0. The zero-order valence-electron chi connectivity index (χ0n) is 63.2. The third-order valence-electron chi connectivity index (χ3n) is 18.3. The zero-order chi connectivity index (χ0) is 71.2. The van der Waals surface area contributed by atoms with Gasteiger partial charge in [-0.3, -0.25) is 37.3 Å². The van der Waals surface area contributed by atoms with E-state index in [-0.39, 0.29) is 25.7 Å². The second-order valence-corrected chi connectivity index (χ2v) is 31.5. The summed E-state index contributed by atoms with van der Waals surface area (Å²) in [4.78, 5) is 72.9. The topological polar surface area (TPSA) is 237 Å². The summed E-state index contributed by atoms with van der Waals surface area (Å²) < 4.78 is 68.6. The Labute approximate surface area is 594 Å². The van der Waals surface area contributed by atoms with Crippen LogP contribution >= 0.6 is 15.6 Å². The Balaban J connectivity index is 5.23. The number of carbonyl (C=O) groups excluding carboxylic acids is 4. The van der Waals surface area contributed by atoms with Crippen LogP contribution in [0.15, 0.2) is 0 Å². The maximum absolute atomic E-state index is 13.1. The maximum Gasteiger partial charge on any atom is 0.472 e. The molecule has 0 aromatic rings. The fraction of sp³-hybridized carbons (Fsp3) is 0.949. The predicted octanol–water partition coefficient (Wildman–Crippen LogP) is 23.3. The van der Waals surface area contributed by atoms with Gasteiger partial charge in [-0.05, 0) is 31.6 Å². The average Bonchev–Trinajstić information content (AvgIpc) is 1.02. The Morgan fingerprint density at radius 3 is 0.701 bits per heavy atom. The minimum absolute atomic E-state index is 0.107. The van der Waals surface area contributed by atoms with Gasteiger partial charge in [0.2, 0.25) is 0 Å². The smallest absolute Gasteiger partial charge is 0.462 e. The third-order valence-corrected chi connectivity index (χ3v) is 20.2. The van der Waals surface area contributed by atoms with Crippen molar-refractivity contribution in [1.82, 2.24) is 0 Å². The van der Waals surface area contributed by atoms with Gasteiger partial charge in [0.05, 0.1) is 26.4 Å². The van der Waals surface area contributed by atoms with Crippen molar-refractivity contribution in [3.05, 3.63) is 0 Å². The Bertz CT molecular complexity index is 1860. The van der Waals surface area contributed by atoms with Crippen LogP contribution in [0.2, 0.25) is 0 Å². The van der Waals surface area contributed by atoms with Gasteiger partial charge in [-0.2, -0.15) is 0 Å². The van der Waals surface area contributed by atoms with Crippen molar-refractivity contribution in [1.29, 1.82) is 0 Å². The Morgan fingerprint density at radius 2 is 0.474 bits per heavy atom. The molecule has 0 aliphatic heterocycles. The lowest BCUT2D eigenvalue weighted by Gasteiger charge is -2.21. The van der Waals surface area contributed by atoms with Gasteiger partial charge in [-0.15, -0.1) is 0 Å². The molecule has 0 saturated heterocycles. The van der Waals surface area contributed by atoms with Gasteiger partial charge in [0.25, 0.3) is 0 Å². The van der Waals surface area contributed by atoms with Crippen molar-refractivity contribution >= 4 is 39.5 Å². The number of unbranched alkanes of at least 4 members (excludes halogenated alkanes) is 50. The molecule has 17 nitrogen and oxygen atoms in total. The number of aliphatic hydroxyl groups excluding tert-OH is 1. The predicted molar refractivity (Wildman–Crippen MR) is 395 cm³/mol. The van der Waals surface area contributed by atoms with Gasteiger partial charge in [-0.25, -0.2) is 9.13 Å². The number of hydrogen-bond donors (Lipinski definition) is 3. The van der Waals surface area contributed by atoms with Crippen LogP contribution in [0.1, 0.15) is 413 Å². The van der Waals surface area contributed by atoms with E-state index in [1.807, 2.05) is 0 Å². The highest BCUT2D eigenvalue weighted by Crippen LogP contribution is 2.45. The van der Waals surface area contributed by atoms with E-state index in [0.717, 1.165) is 96.3 Å². The first kappa shape index (κ1) is 95.1. The van der Waals surface area contributed by atoms with Crippen molar-refractivity contribution in [2.24, 2.45) is 5.92 Å². The van der Waals surface area contributed by atoms with Crippen LogP contribution in [0.3, 0.4) is 0 Å². The second-order valence-electron chi connectivity index (χ2n) is 28.6. The van der Waals surface area contributed by atoms with Gasteiger partial charge in [0, 0.05) is 25.7 Å². The number of rotatable bonds is 78. The molecule has 0 aliphatic carbocycles. The Kier molecular flexibility index (Phi) is 69.6. The zero-order valence-corrected chi connectivity index (χ0v) is 65.0. The van der Waals surface area contributed by atoms with Crippen molar-refractivity contribution < 1.29 is 80.2 Å². The summed E-state index contributed by atoms with van der Waals surface area (Å²) in [6.07, 6.45) is 61.1. The molecular weight excluding hydrogens is 1270 g/mol. The number of phosphoric acid groups is 2. The van der Waals surface area contributed by atoms with E-state index >= 15 is 0 Å². The van der Waals surface area contributed by atoms with Crippen molar-refractivity contribution in [3.8, 4) is 0 Å². The van der Waals surface area contributed by atoms with Crippen LogP contribution in [0.4, 0.5) is 0 Å². The standard InChI is InChI=1S/C78H152O17P2/c1-6-9-12-15-18-21-24-27-29-31-32-33-35-37-40-43-48-54-59-64-78(83)94-73(67-88-75(80)61-56-51-46-41-39-36-34-30-28-25-22-19-16-13-10-7-2)69-92-96(84,85)90-65-72(79)66-91-97(86,87)93-70-74(68-89-76(81)62-57-52-49-44-45-50-55-60-71(4)5)95-77(82)63-58-53-47-42-38-26-23-20-17-14-11-8-3/h71-74,79H,6-70H2,1-5H3,(H,84,85)(H,86,87)/t72-,73-,74-/m1/s1. The fourth-order valence-corrected chi connectivity index (χ4v) is 13.6. The van der Waals surface area contributed by atoms with Crippen LogP contribution < -0.4 is 0 Å². The Morgan fingerprint density at radius 1 is 0.278 bits per heavy atom. The minimum atomic E-state index is -4.96. The minimum Gasteiger partial charge on any atom is -0.462 e. The van der Waals surface area contributed by atoms with E-state index < -0.39 is 97.5 Å². The molecule has 19 heteroatoms. The molecule has 0 bridgehead atoms. The van der Waals surface area contributed by atoms with Crippen LogP contribution in [0.5, 0.6) is 0 Å². The normalized spacial score (nSPS) is 13.9. The number of esters is 4. The van der Waals surface area contributed by atoms with Crippen LogP contribution in [-0.4, -0.2) is 96.7 Å². The van der Waals surface area contributed by atoms with Crippen LogP contribution in [0.25, 0.3) is 0 Å². The second kappa shape index (κ2) is 71.1. The highest BCUT2D eigenvalue weighted by molar-refractivity contribution is 7.47. The SMILES string of the molecule is CCCCCCCCCCCCCCCCCCCCCC(=O)O[C@H](COC(=O)CCCCCCCCCCCCCCCCCC)COP(=O)(O)OC[C@@H](O)COP(=O)(O)OC[C@@H](COC(=O)CCCCCCCCCC(C)C)OC(=O)CCCCCCCCCCCCCC. The van der Waals surface area contributed by atoms with E-state index in [2.05, 4.69) is 34.6 Å². The summed E-state index contributed by atoms with van der Waals surface area (Å²) in [6, 6.07) is 0. The number of carbonyl (C=O) groups is 4. The monoisotopic (exact) mass is 1420 g/mol. The number of phosphoric ester groups is 2. The van der Waals surface area contributed by atoms with Crippen LogP contribution in [-0.2, 0) is 65.4 Å². The van der Waals surface area contributed by atoms with E-state index in [0.29, 0.717) is 31.6 Å². The number of aliphatic hydroxyl groups is 1. The molecule has 0 amide bonds. The molecule has 0 saturated carbocycles. The summed E-state index contributed by atoms with van der Waals surface area (Å²) in [5.41, 5.74) is 0. The largest absolute Gasteiger partial charge is 0.472 e. The van der Waals surface area contributed by atoms with E-state index in [1.165, 1.54) is 231 Å². The Hall–Kier alpha value is -1.94. The highest BCUT2D eigenvalue weighted by atomic mass is 31.2. The summed E-state index contributed by atoms with van der Waals surface area (Å²) in [7, 11) is -9.91. The molecule has 5 atom stereocenters. The van der Waals surface area contributed by atoms with Gasteiger partial charge >= 0.3 is 39.5 Å². The number of ether oxygens (including phenoxy) is 4. The molecule has 2 unspecified atom stereocenters. The molecule has 0 heterocycles. The lowest BCUT2D eigenvalue weighted by Crippen LogP contribution is -2.30. The number of hydrogen-bond acceptors (Lipinski definition) is 15. The van der Waals surface area contributed by atoms with Crippen molar-refractivity contribution in [2.75, 3.05) is 39.6 Å². The molecule has 97 heavy (non-hydrogen) atoms. The maximum atomic E-state index is 13.1. The molecular formula is C78H152O17P2. The summed E-state index contributed by atoms with van der Waals surface area (Å²) >= 11 is 0. The fourth-order valence-electron chi connectivity index (χ4n) is 12.1. The first-order valence-corrected chi connectivity index (χ1v) is 43.6. The molecule has 0 aromatic carbocycles. The molecule has 576 valence electrons. The lowest BCUT2D eigenvalue weighted by molar-refractivity contribution is -0.161. The van der Waals surface area contributed by atoms with Crippen molar-refractivity contribution in [3.63, 3.8) is 0 Å².